The van der Waals surface area contributed by atoms with Crippen LogP contribution < -0.4 is 0 Å². The number of aromatic amines is 1. The average molecular weight is 342 g/mol. The Hall–Kier alpha value is -1.89. The molecule has 5 heterocycles. The van der Waals surface area contributed by atoms with E-state index >= 15 is 0 Å². The maximum absolute atomic E-state index is 13.2. The molecule has 4 saturated heterocycles. The molecule has 3 unspecified atom stereocenters. The van der Waals surface area contributed by atoms with Crippen molar-refractivity contribution in [3.05, 3.63) is 41.2 Å². The second-order valence-electron chi connectivity index (χ2n) is 7.89. The Labute approximate surface area is 145 Å². The smallest absolute Gasteiger partial charge is 0.340 e. The molecule has 6 atom stereocenters. The fourth-order valence-electron chi connectivity index (χ4n) is 5.31. The summed E-state index contributed by atoms with van der Waals surface area (Å²) in [6, 6.07) is 7.58. The van der Waals surface area contributed by atoms with Crippen LogP contribution in [0.15, 0.2) is 30.5 Å². The van der Waals surface area contributed by atoms with Gasteiger partial charge >= 0.3 is 5.97 Å². The fourth-order valence-corrected chi connectivity index (χ4v) is 5.31. The molecule has 2 N–H and O–H groups in total. The molecule has 4 fully saturated rings. The number of hydrogen-bond donors (Lipinski definition) is 2. The number of aromatic nitrogens is 1. The Morgan fingerprint density at radius 1 is 1.20 bits per heavy atom. The first-order valence-electron chi connectivity index (χ1n) is 9.08. The number of carbonyl (C=O) groups excluding carboxylic acids is 1. The first-order valence-corrected chi connectivity index (χ1v) is 9.08. The summed E-state index contributed by atoms with van der Waals surface area (Å²) in [5.74, 6) is -0.0747. The van der Waals surface area contributed by atoms with Gasteiger partial charge in [-0.15, -0.1) is 0 Å². The summed E-state index contributed by atoms with van der Waals surface area (Å²) in [5, 5.41) is 24.1. The van der Waals surface area contributed by atoms with E-state index in [0.717, 1.165) is 23.7 Å². The number of H-pyrrole nitrogens is 1. The third-order valence-corrected chi connectivity index (χ3v) is 6.56. The van der Waals surface area contributed by atoms with Gasteiger partial charge < -0.3 is 24.7 Å². The molecule has 6 heteroatoms. The molecule has 0 aliphatic carbocycles. The number of carbonyl (C=O) groups is 1. The number of aliphatic hydroxyl groups excluding tert-OH is 1. The summed E-state index contributed by atoms with van der Waals surface area (Å²) < 4.78 is 5.51. The van der Waals surface area contributed by atoms with Crippen LogP contribution in [-0.2, 0) is 4.74 Å². The predicted octanol–water partition coefficient (Wildman–Crippen LogP) is 2.32. The van der Waals surface area contributed by atoms with Gasteiger partial charge in [-0.3, -0.25) is 0 Å². The van der Waals surface area contributed by atoms with E-state index in [1.165, 1.54) is 0 Å². The van der Waals surface area contributed by atoms with Gasteiger partial charge in [-0.1, -0.05) is 18.2 Å². The van der Waals surface area contributed by atoms with Crippen molar-refractivity contribution in [2.45, 2.75) is 50.0 Å². The van der Waals surface area contributed by atoms with Crippen LogP contribution in [0, 0.1) is 11.1 Å². The van der Waals surface area contributed by atoms with Crippen molar-refractivity contribution in [1.29, 1.82) is 0 Å². The molecule has 0 radical (unpaired) electrons. The van der Waals surface area contributed by atoms with Crippen LogP contribution in [0.5, 0.6) is 0 Å². The summed E-state index contributed by atoms with van der Waals surface area (Å²) in [6.45, 7) is 0.309. The highest BCUT2D eigenvalue weighted by Crippen LogP contribution is 2.48. The van der Waals surface area contributed by atoms with E-state index in [2.05, 4.69) is 4.98 Å². The number of ether oxygens (including phenoxy) is 1. The van der Waals surface area contributed by atoms with Crippen LogP contribution in [0.3, 0.4) is 0 Å². The molecular formula is C19H22N2O4. The first-order chi connectivity index (χ1) is 12.0. The summed E-state index contributed by atoms with van der Waals surface area (Å²) in [7, 11) is 0. The highest BCUT2D eigenvalue weighted by Gasteiger charge is 2.56. The topological polar surface area (TPSA) is 85.4 Å². The van der Waals surface area contributed by atoms with Crippen LogP contribution in [0.2, 0.25) is 0 Å². The number of quaternary nitrogens is 1. The van der Waals surface area contributed by atoms with E-state index < -0.39 is 6.10 Å². The van der Waals surface area contributed by atoms with Gasteiger partial charge in [0.15, 0.2) is 0 Å². The zero-order chi connectivity index (χ0) is 17.2. The van der Waals surface area contributed by atoms with Gasteiger partial charge in [0, 0.05) is 48.7 Å². The van der Waals surface area contributed by atoms with Gasteiger partial charge in [-0.05, 0) is 6.07 Å². The number of nitrogens with one attached hydrogen (secondary N) is 1. The Morgan fingerprint density at radius 3 is 2.68 bits per heavy atom. The van der Waals surface area contributed by atoms with Crippen LogP contribution in [0.25, 0.3) is 10.9 Å². The lowest BCUT2D eigenvalue weighted by Gasteiger charge is -2.66. The van der Waals surface area contributed by atoms with Crippen LogP contribution >= 0.6 is 0 Å². The Balaban J connectivity index is 1.34. The van der Waals surface area contributed by atoms with Crippen molar-refractivity contribution in [3.8, 4) is 0 Å². The number of nitrogens with zero attached hydrogens (tertiary/aromatic N) is 1. The third-order valence-electron chi connectivity index (χ3n) is 6.56. The SMILES string of the molecule is O=C(OC1C[C@@H]2CC3C[C@H](C1)[N+]2([O-])C[C@H]3O)c1c[nH]c2ccccc12. The number of rotatable bonds is 2. The minimum Gasteiger partial charge on any atom is -0.632 e. The van der Waals surface area contributed by atoms with Gasteiger partial charge in [0.1, 0.15) is 18.8 Å². The van der Waals surface area contributed by atoms with Crippen LogP contribution in [0.4, 0.5) is 0 Å². The van der Waals surface area contributed by atoms with E-state index in [1.54, 1.807) is 6.20 Å². The van der Waals surface area contributed by atoms with Gasteiger partial charge in [0.05, 0.1) is 17.6 Å². The Kier molecular flexibility index (Phi) is 3.26. The van der Waals surface area contributed by atoms with Gasteiger partial charge in [-0.2, -0.15) is 0 Å². The van der Waals surface area contributed by atoms with Gasteiger partial charge in [-0.25, -0.2) is 4.79 Å². The van der Waals surface area contributed by atoms with E-state index in [0.29, 0.717) is 24.9 Å². The Bertz CT molecular complexity index is 816. The molecule has 4 aliphatic heterocycles. The molecule has 0 spiro atoms. The zero-order valence-electron chi connectivity index (χ0n) is 13.9. The van der Waals surface area contributed by atoms with Crippen molar-refractivity contribution in [1.82, 2.24) is 4.98 Å². The largest absolute Gasteiger partial charge is 0.632 e. The second kappa shape index (κ2) is 5.30. The lowest BCUT2D eigenvalue weighted by Crippen LogP contribution is -2.73. The molecule has 6 rings (SSSR count). The van der Waals surface area contributed by atoms with Crippen molar-refractivity contribution in [2.24, 2.45) is 5.92 Å². The molecule has 0 saturated carbocycles. The molecule has 1 aromatic heterocycles. The normalized spacial score (nSPS) is 39.5. The zero-order valence-corrected chi connectivity index (χ0v) is 13.9. The average Bonchev–Trinajstić information content (AvgIpc) is 2.99. The number of piperidine rings is 4. The monoisotopic (exact) mass is 342 g/mol. The van der Waals surface area contributed by atoms with E-state index in [4.69, 9.17) is 4.74 Å². The number of fused-ring (bicyclic) bond motifs is 2. The number of para-hydroxylation sites is 1. The highest BCUT2D eigenvalue weighted by atomic mass is 16.6. The summed E-state index contributed by atoms with van der Waals surface area (Å²) in [5.41, 5.74) is 1.46. The van der Waals surface area contributed by atoms with E-state index in [-0.39, 0.29) is 34.7 Å². The lowest BCUT2D eigenvalue weighted by atomic mass is 9.70. The number of benzene rings is 1. The van der Waals surface area contributed by atoms with Gasteiger partial charge in [0.25, 0.3) is 0 Å². The minimum atomic E-state index is -0.463. The molecule has 6 nitrogen and oxygen atoms in total. The summed E-state index contributed by atoms with van der Waals surface area (Å²) in [4.78, 5) is 15.7. The summed E-state index contributed by atoms with van der Waals surface area (Å²) in [6.07, 6.45) is 3.75. The molecule has 4 bridgehead atoms. The molecular weight excluding hydrogens is 320 g/mol. The van der Waals surface area contributed by atoms with E-state index in [9.17, 15) is 15.1 Å². The van der Waals surface area contributed by atoms with Crippen LogP contribution in [-0.4, -0.2) is 51.5 Å². The number of esters is 1. The summed E-state index contributed by atoms with van der Waals surface area (Å²) >= 11 is 0. The van der Waals surface area contributed by atoms with Gasteiger partial charge in [0.2, 0.25) is 0 Å². The molecule has 25 heavy (non-hydrogen) atoms. The third kappa shape index (κ3) is 2.25. The van der Waals surface area contributed by atoms with Crippen molar-refractivity contribution in [2.75, 3.05) is 6.54 Å². The standard InChI is InChI=1S/C19H22N2O4/c22-18-10-21(24)12-5-11(18)6-13(21)8-14(7-12)25-19(23)16-9-20-17-4-2-1-3-15(16)17/h1-4,9,11-14,18,20,22H,5-8,10H2/t11?,12-,13+,14?,18-,21?/m1/s1. The Morgan fingerprint density at radius 2 is 1.92 bits per heavy atom. The lowest BCUT2D eigenvalue weighted by molar-refractivity contribution is -0.955. The quantitative estimate of drug-likeness (QED) is 0.498. The van der Waals surface area contributed by atoms with Crippen molar-refractivity contribution >= 4 is 16.9 Å². The predicted molar refractivity (Wildman–Crippen MR) is 91.5 cm³/mol. The molecule has 4 aliphatic rings. The first kappa shape index (κ1) is 15.4. The van der Waals surface area contributed by atoms with Crippen LogP contribution in [0.1, 0.15) is 36.0 Å². The fraction of sp³-hybridized carbons (Fsp3) is 0.526. The molecule has 2 aromatic rings. The second-order valence-corrected chi connectivity index (χ2v) is 7.89. The number of hydrogen-bond acceptors (Lipinski definition) is 4. The molecule has 0 amide bonds. The molecule has 1 aromatic carbocycles. The van der Waals surface area contributed by atoms with Crippen molar-refractivity contribution in [3.63, 3.8) is 0 Å². The van der Waals surface area contributed by atoms with Crippen molar-refractivity contribution < 1.29 is 19.3 Å². The van der Waals surface area contributed by atoms with E-state index in [1.807, 2.05) is 24.3 Å². The molecule has 132 valence electrons. The number of aliphatic hydroxyl groups is 1. The maximum Gasteiger partial charge on any atom is 0.340 e. The number of hydroxylamine groups is 3. The minimum absolute atomic E-state index is 0.0401. The maximum atomic E-state index is 13.2. The highest BCUT2D eigenvalue weighted by molar-refractivity contribution is 6.04.